The van der Waals surface area contributed by atoms with Gasteiger partial charge in [0.2, 0.25) is 5.91 Å². The molecule has 506 valence electrons. The zero-order valence-electron chi connectivity index (χ0n) is 56.8. The Kier molecular flexibility index (Phi) is 63.1. The van der Waals surface area contributed by atoms with Gasteiger partial charge in [0.1, 0.15) is 24.4 Å². The summed E-state index contributed by atoms with van der Waals surface area (Å²) in [7, 11) is 0. The number of amides is 1. The Bertz CT molecular complexity index is 1500. The van der Waals surface area contributed by atoms with Crippen LogP contribution in [0.3, 0.4) is 0 Å². The van der Waals surface area contributed by atoms with Crippen molar-refractivity contribution in [2.45, 2.75) is 423 Å². The maximum Gasteiger partial charge on any atom is 0.220 e. The highest BCUT2D eigenvalue weighted by Crippen LogP contribution is 2.24. The van der Waals surface area contributed by atoms with E-state index in [1.54, 1.807) is 0 Å². The normalized spacial score (nSPS) is 18.2. The number of nitrogens with one attached hydrogen (secondary N) is 1. The summed E-state index contributed by atoms with van der Waals surface area (Å²) in [5, 5.41) is 55.0. The fourth-order valence-corrected chi connectivity index (χ4v) is 12.3. The molecule has 1 fully saturated rings. The standard InChI is InChI=1S/C77H145NO8/c1-3-5-7-9-11-13-15-17-19-21-23-25-27-29-31-32-33-34-35-36-37-38-39-40-41-43-45-47-49-51-53-55-57-59-61-63-65-67-73(81)78-70(69-85-77-76(84)75(83)74(82)72(68-79)86-77)71(80)66-64-62-60-58-56-54-52-50-48-46-44-42-30-28-26-24-22-20-18-16-14-12-10-8-6-4-2/h5,7,11,13,17,19,23,25,70-72,74-77,79-80,82-84H,3-4,6,8-10,12,14-16,18,20-22,24,26-69H2,1-2H3,(H,78,81)/b7-5-,13-11-,19-17-,25-23-. The van der Waals surface area contributed by atoms with Crippen LogP contribution in [0.25, 0.3) is 0 Å². The molecule has 0 radical (unpaired) electrons. The summed E-state index contributed by atoms with van der Waals surface area (Å²) in [6.45, 7) is 3.78. The number of carbonyl (C=O) groups is 1. The van der Waals surface area contributed by atoms with Crippen molar-refractivity contribution in [1.29, 1.82) is 0 Å². The molecule has 1 aliphatic rings. The molecular formula is C77H145NO8. The summed E-state index contributed by atoms with van der Waals surface area (Å²) in [5.74, 6) is -0.135. The second kappa shape index (κ2) is 66.1. The van der Waals surface area contributed by atoms with Crippen molar-refractivity contribution in [3.05, 3.63) is 48.6 Å². The Labute approximate surface area is 533 Å². The monoisotopic (exact) mass is 1210 g/mol. The number of aliphatic hydroxyl groups excluding tert-OH is 5. The molecule has 1 aliphatic heterocycles. The molecule has 0 aliphatic carbocycles. The van der Waals surface area contributed by atoms with Gasteiger partial charge in [0, 0.05) is 6.42 Å². The summed E-state index contributed by atoms with van der Waals surface area (Å²) in [5.41, 5.74) is 0. The Morgan fingerprint density at radius 2 is 0.721 bits per heavy atom. The van der Waals surface area contributed by atoms with Crippen LogP contribution in [-0.4, -0.2) is 87.5 Å². The van der Waals surface area contributed by atoms with Crippen LogP contribution in [0.1, 0.15) is 380 Å². The fraction of sp³-hybridized carbons (Fsp3) is 0.883. The number of carbonyl (C=O) groups excluding carboxylic acids is 1. The first-order chi connectivity index (χ1) is 42.3. The SMILES string of the molecule is CC/C=C\C/C=C\C/C=C\C/C=C\CCCCCCCCCCCCCCCCCCCCCCCCCCC(=O)NC(COC1OC(CO)C(O)C(O)C1O)C(O)CCCCCCCCCCCCCCCCCCCCCCCCCCCC. The lowest BCUT2D eigenvalue weighted by molar-refractivity contribution is -0.302. The van der Waals surface area contributed by atoms with E-state index in [2.05, 4.69) is 67.8 Å². The van der Waals surface area contributed by atoms with Gasteiger partial charge in [0.25, 0.3) is 0 Å². The van der Waals surface area contributed by atoms with Crippen LogP contribution in [0.2, 0.25) is 0 Å². The summed E-state index contributed by atoms with van der Waals surface area (Å²) < 4.78 is 11.4. The number of allylic oxidation sites excluding steroid dienone is 8. The van der Waals surface area contributed by atoms with Crippen LogP contribution in [0, 0.1) is 0 Å². The number of aliphatic hydroxyl groups is 5. The van der Waals surface area contributed by atoms with Crippen LogP contribution in [0.5, 0.6) is 0 Å². The van der Waals surface area contributed by atoms with E-state index in [-0.39, 0.29) is 12.5 Å². The lowest BCUT2D eigenvalue weighted by atomic mass is 9.99. The summed E-state index contributed by atoms with van der Waals surface area (Å²) in [6, 6.07) is -0.719. The molecule has 0 bridgehead atoms. The van der Waals surface area contributed by atoms with Crippen LogP contribution < -0.4 is 5.32 Å². The Hall–Kier alpha value is -1.85. The summed E-state index contributed by atoms with van der Waals surface area (Å²) in [4.78, 5) is 13.2. The number of hydrogen-bond acceptors (Lipinski definition) is 8. The third kappa shape index (κ3) is 53.9. The minimum absolute atomic E-state index is 0.133. The number of hydrogen-bond donors (Lipinski definition) is 6. The van der Waals surface area contributed by atoms with Crippen LogP contribution in [0.4, 0.5) is 0 Å². The summed E-state index contributed by atoms with van der Waals surface area (Å²) >= 11 is 0. The average Bonchev–Trinajstić information content (AvgIpc) is 2.44. The van der Waals surface area contributed by atoms with Crippen molar-refractivity contribution in [2.24, 2.45) is 0 Å². The quantitative estimate of drug-likeness (QED) is 0.0261. The smallest absolute Gasteiger partial charge is 0.220 e. The lowest BCUT2D eigenvalue weighted by Crippen LogP contribution is -2.60. The first kappa shape index (κ1) is 82.2. The van der Waals surface area contributed by atoms with Gasteiger partial charge in [-0.05, 0) is 51.4 Å². The Morgan fingerprint density at radius 3 is 1.07 bits per heavy atom. The molecular weight excluding hydrogens is 1070 g/mol. The third-order valence-corrected chi connectivity index (χ3v) is 18.2. The molecule has 9 heteroatoms. The highest BCUT2D eigenvalue weighted by Gasteiger charge is 2.44. The van der Waals surface area contributed by atoms with Gasteiger partial charge in [-0.15, -0.1) is 0 Å². The predicted octanol–water partition coefficient (Wildman–Crippen LogP) is 21.1. The van der Waals surface area contributed by atoms with E-state index in [9.17, 15) is 30.3 Å². The second-order valence-electron chi connectivity index (χ2n) is 26.4. The van der Waals surface area contributed by atoms with E-state index in [1.165, 1.54) is 289 Å². The van der Waals surface area contributed by atoms with E-state index < -0.39 is 49.5 Å². The van der Waals surface area contributed by atoms with E-state index in [0.29, 0.717) is 12.8 Å². The fourth-order valence-electron chi connectivity index (χ4n) is 12.3. The lowest BCUT2D eigenvalue weighted by Gasteiger charge is -2.40. The molecule has 9 nitrogen and oxygen atoms in total. The van der Waals surface area contributed by atoms with Gasteiger partial charge >= 0.3 is 0 Å². The van der Waals surface area contributed by atoms with Crippen LogP contribution in [-0.2, 0) is 14.3 Å². The van der Waals surface area contributed by atoms with Gasteiger partial charge < -0.3 is 40.3 Å². The molecule has 0 saturated carbocycles. The molecule has 0 spiro atoms. The molecule has 1 amide bonds. The Balaban J connectivity index is 2.05. The Morgan fingerprint density at radius 1 is 0.407 bits per heavy atom. The minimum atomic E-state index is -1.55. The molecule has 1 heterocycles. The average molecular weight is 1210 g/mol. The van der Waals surface area contributed by atoms with Crippen molar-refractivity contribution < 1.29 is 39.8 Å². The second-order valence-corrected chi connectivity index (χ2v) is 26.4. The molecule has 1 rings (SSSR count). The molecule has 6 N–H and O–H groups in total. The summed E-state index contributed by atoms with van der Waals surface area (Å²) in [6.07, 6.45) is 83.5. The van der Waals surface area contributed by atoms with Gasteiger partial charge in [-0.25, -0.2) is 0 Å². The largest absolute Gasteiger partial charge is 0.394 e. The van der Waals surface area contributed by atoms with E-state index >= 15 is 0 Å². The topological polar surface area (TPSA) is 149 Å². The van der Waals surface area contributed by atoms with E-state index in [1.807, 2.05) is 0 Å². The van der Waals surface area contributed by atoms with Gasteiger partial charge in [-0.1, -0.05) is 371 Å². The van der Waals surface area contributed by atoms with Crippen LogP contribution in [0.15, 0.2) is 48.6 Å². The van der Waals surface area contributed by atoms with E-state index in [0.717, 1.165) is 64.2 Å². The molecule has 7 unspecified atom stereocenters. The van der Waals surface area contributed by atoms with E-state index in [4.69, 9.17) is 9.47 Å². The zero-order valence-corrected chi connectivity index (χ0v) is 56.8. The molecule has 7 atom stereocenters. The van der Waals surface area contributed by atoms with Crippen molar-refractivity contribution >= 4 is 5.91 Å². The molecule has 0 aromatic rings. The highest BCUT2D eigenvalue weighted by atomic mass is 16.7. The van der Waals surface area contributed by atoms with Crippen molar-refractivity contribution in [2.75, 3.05) is 13.2 Å². The number of unbranched alkanes of at least 4 members (excludes halogenated alkanes) is 49. The minimum Gasteiger partial charge on any atom is -0.394 e. The van der Waals surface area contributed by atoms with Gasteiger partial charge in [-0.3, -0.25) is 4.79 Å². The maximum absolute atomic E-state index is 13.2. The highest BCUT2D eigenvalue weighted by molar-refractivity contribution is 5.76. The molecule has 0 aromatic heterocycles. The first-order valence-electron chi connectivity index (χ1n) is 37.8. The zero-order chi connectivity index (χ0) is 62.1. The van der Waals surface area contributed by atoms with Gasteiger partial charge in [0.05, 0.1) is 25.4 Å². The van der Waals surface area contributed by atoms with Gasteiger partial charge in [-0.2, -0.15) is 0 Å². The maximum atomic E-state index is 13.2. The van der Waals surface area contributed by atoms with Gasteiger partial charge in [0.15, 0.2) is 6.29 Å². The van der Waals surface area contributed by atoms with Crippen LogP contribution >= 0.6 is 0 Å². The molecule has 86 heavy (non-hydrogen) atoms. The molecule has 0 aromatic carbocycles. The molecule has 1 saturated heterocycles. The van der Waals surface area contributed by atoms with Crippen molar-refractivity contribution in [3.8, 4) is 0 Å². The predicted molar refractivity (Wildman–Crippen MR) is 369 cm³/mol. The first-order valence-corrected chi connectivity index (χ1v) is 37.8. The third-order valence-electron chi connectivity index (χ3n) is 18.2. The van der Waals surface area contributed by atoms with Crippen molar-refractivity contribution in [1.82, 2.24) is 5.32 Å². The number of rotatable bonds is 67. The number of ether oxygens (including phenoxy) is 2. The van der Waals surface area contributed by atoms with Crippen molar-refractivity contribution in [3.63, 3.8) is 0 Å².